The maximum Gasteiger partial charge on any atom is 0.271 e. The molecule has 2 rings (SSSR count). The van der Waals surface area contributed by atoms with Crippen LogP contribution in [0.2, 0.25) is 0 Å². The first-order chi connectivity index (χ1) is 12.0. The standard InChI is InChI=1S/C19H26N4OS/c1-4-13(2)16(22-15-8-6-5-7-14(15)3)11-21-19(24)17-12-25-18(23-17)9-10-20/h5-8,12,22H,4,9-11,20H2,1-3H3,(H,21,24). The molecule has 1 aromatic carbocycles. The molecule has 0 spiro atoms. The van der Waals surface area contributed by atoms with Crippen LogP contribution in [-0.2, 0) is 6.42 Å². The fourth-order valence-corrected chi connectivity index (χ4v) is 3.10. The minimum Gasteiger partial charge on any atom is -0.357 e. The smallest absolute Gasteiger partial charge is 0.271 e. The van der Waals surface area contributed by atoms with Crippen LogP contribution in [0.1, 0.15) is 41.3 Å². The molecule has 0 atom stereocenters. The maximum absolute atomic E-state index is 12.3. The van der Waals surface area contributed by atoms with E-state index in [9.17, 15) is 4.79 Å². The van der Waals surface area contributed by atoms with Crippen LogP contribution in [0.4, 0.5) is 5.69 Å². The van der Waals surface area contributed by atoms with Crippen molar-refractivity contribution in [2.75, 3.05) is 18.4 Å². The number of amides is 1. The second-order valence-electron chi connectivity index (χ2n) is 5.90. The number of carbonyl (C=O) groups is 1. The predicted octanol–water partition coefficient (Wildman–Crippen LogP) is 3.48. The molecule has 5 nitrogen and oxygen atoms in total. The van der Waals surface area contributed by atoms with Crippen molar-refractivity contribution >= 4 is 22.9 Å². The fraction of sp³-hybridized carbons (Fsp3) is 0.368. The summed E-state index contributed by atoms with van der Waals surface area (Å²) in [7, 11) is 0. The molecule has 0 fully saturated rings. The highest BCUT2D eigenvalue weighted by molar-refractivity contribution is 7.09. The highest BCUT2D eigenvalue weighted by atomic mass is 32.1. The van der Waals surface area contributed by atoms with Gasteiger partial charge in [0.15, 0.2) is 0 Å². The summed E-state index contributed by atoms with van der Waals surface area (Å²) in [6.45, 7) is 7.23. The van der Waals surface area contributed by atoms with Gasteiger partial charge in [0.2, 0.25) is 0 Å². The van der Waals surface area contributed by atoms with Gasteiger partial charge >= 0.3 is 0 Å². The Morgan fingerprint density at radius 2 is 2.08 bits per heavy atom. The van der Waals surface area contributed by atoms with Gasteiger partial charge in [-0.25, -0.2) is 4.98 Å². The van der Waals surface area contributed by atoms with Crippen molar-refractivity contribution in [3.05, 3.63) is 57.2 Å². The monoisotopic (exact) mass is 358 g/mol. The number of aryl methyl sites for hydroxylation is 1. The molecule has 2 aromatic rings. The molecule has 134 valence electrons. The van der Waals surface area contributed by atoms with E-state index in [0.717, 1.165) is 22.8 Å². The average Bonchev–Trinajstić information content (AvgIpc) is 3.08. The number of thiazole rings is 1. The Bertz CT molecular complexity index is 751. The van der Waals surface area contributed by atoms with Crippen molar-refractivity contribution in [2.24, 2.45) is 5.73 Å². The number of aromatic nitrogens is 1. The lowest BCUT2D eigenvalue weighted by atomic mass is 10.1. The summed E-state index contributed by atoms with van der Waals surface area (Å²) in [5, 5.41) is 9.10. The molecule has 6 heteroatoms. The number of carbonyl (C=O) groups excluding carboxylic acids is 1. The van der Waals surface area contributed by atoms with Crippen LogP contribution < -0.4 is 16.4 Å². The Kier molecular flexibility index (Phi) is 7.16. The number of benzene rings is 1. The van der Waals surface area contributed by atoms with E-state index >= 15 is 0 Å². The molecule has 0 aliphatic carbocycles. The number of anilines is 1. The number of nitrogens with one attached hydrogen (secondary N) is 2. The number of nitrogens with zero attached hydrogens (tertiary/aromatic N) is 1. The summed E-state index contributed by atoms with van der Waals surface area (Å²) in [5.74, 6) is -0.160. The molecular weight excluding hydrogens is 332 g/mol. The van der Waals surface area contributed by atoms with Gasteiger partial charge in [-0.2, -0.15) is 0 Å². The first-order valence-corrected chi connectivity index (χ1v) is 9.37. The van der Waals surface area contributed by atoms with Gasteiger partial charge in [-0.15, -0.1) is 11.3 Å². The van der Waals surface area contributed by atoms with Crippen LogP contribution >= 0.6 is 11.3 Å². The van der Waals surface area contributed by atoms with Gasteiger partial charge in [0.05, 0.1) is 11.6 Å². The molecule has 0 aliphatic rings. The van der Waals surface area contributed by atoms with Gasteiger partial charge < -0.3 is 16.4 Å². The first-order valence-electron chi connectivity index (χ1n) is 8.49. The number of hydrogen-bond donors (Lipinski definition) is 3. The number of hydrogen-bond acceptors (Lipinski definition) is 5. The summed E-state index contributed by atoms with van der Waals surface area (Å²) in [4.78, 5) is 16.7. The van der Waals surface area contributed by atoms with Crippen molar-refractivity contribution in [3.63, 3.8) is 0 Å². The molecule has 1 amide bonds. The average molecular weight is 359 g/mol. The largest absolute Gasteiger partial charge is 0.357 e. The van der Waals surface area contributed by atoms with E-state index < -0.39 is 0 Å². The lowest BCUT2D eigenvalue weighted by Crippen LogP contribution is -2.28. The predicted molar refractivity (Wildman–Crippen MR) is 105 cm³/mol. The second-order valence-corrected chi connectivity index (χ2v) is 6.84. The van der Waals surface area contributed by atoms with E-state index in [-0.39, 0.29) is 5.91 Å². The number of allylic oxidation sites excluding steroid dienone is 1. The van der Waals surface area contributed by atoms with E-state index in [0.29, 0.717) is 25.2 Å². The minimum atomic E-state index is -0.160. The normalized spacial score (nSPS) is 11.8. The zero-order valence-corrected chi connectivity index (χ0v) is 15.9. The van der Waals surface area contributed by atoms with E-state index in [4.69, 9.17) is 5.73 Å². The van der Waals surface area contributed by atoms with Crippen molar-refractivity contribution < 1.29 is 4.79 Å². The van der Waals surface area contributed by atoms with E-state index in [1.165, 1.54) is 22.5 Å². The third-order valence-corrected chi connectivity index (χ3v) is 4.95. The van der Waals surface area contributed by atoms with Crippen molar-refractivity contribution in [1.82, 2.24) is 10.3 Å². The Labute approximate surface area is 153 Å². The van der Waals surface area contributed by atoms with Crippen molar-refractivity contribution in [2.45, 2.75) is 33.6 Å². The Morgan fingerprint density at radius 3 is 2.76 bits per heavy atom. The molecule has 4 N–H and O–H groups in total. The van der Waals surface area contributed by atoms with Gasteiger partial charge in [0.25, 0.3) is 5.91 Å². The minimum absolute atomic E-state index is 0.160. The molecule has 25 heavy (non-hydrogen) atoms. The quantitative estimate of drug-likeness (QED) is 0.675. The lowest BCUT2D eigenvalue weighted by Gasteiger charge is -2.16. The SMILES string of the molecule is CCC(C)=C(CNC(=O)c1csc(CCN)n1)Nc1ccccc1C. The fourth-order valence-electron chi connectivity index (χ4n) is 2.30. The molecule has 0 radical (unpaired) electrons. The van der Waals surface area contributed by atoms with Crippen LogP contribution in [-0.4, -0.2) is 24.0 Å². The summed E-state index contributed by atoms with van der Waals surface area (Å²) in [5.41, 5.74) is 10.4. The molecule has 0 unspecified atom stereocenters. The molecule has 0 bridgehead atoms. The Morgan fingerprint density at radius 1 is 1.32 bits per heavy atom. The zero-order chi connectivity index (χ0) is 18.2. The van der Waals surface area contributed by atoms with Gasteiger partial charge in [-0.3, -0.25) is 4.79 Å². The third-order valence-electron chi connectivity index (χ3n) is 4.04. The van der Waals surface area contributed by atoms with E-state index in [1.54, 1.807) is 5.38 Å². The number of rotatable bonds is 8. The Hall–Kier alpha value is -2.18. The number of nitrogens with two attached hydrogens (primary N) is 1. The van der Waals surface area contributed by atoms with Crippen LogP contribution in [0.15, 0.2) is 40.9 Å². The third kappa shape index (κ3) is 5.41. The maximum atomic E-state index is 12.3. The first kappa shape index (κ1) is 19.1. The van der Waals surface area contributed by atoms with Crippen LogP contribution in [0, 0.1) is 6.92 Å². The van der Waals surface area contributed by atoms with E-state index in [2.05, 4.69) is 42.5 Å². The summed E-state index contributed by atoms with van der Waals surface area (Å²) in [6, 6.07) is 8.12. The van der Waals surface area contributed by atoms with Crippen LogP contribution in [0.25, 0.3) is 0 Å². The molecule has 0 saturated carbocycles. The summed E-state index contributed by atoms with van der Waals surface area (Å²) < 4.78 is 0. The molecular formula is C19H26N4OS. The van der Waals surface area contributed by atoms with Gasteiger partial charge in [0, 0.05) is 23.2 Å². The molecule has 0 aliphatic heterocycles. The van der Waals surface area contributed by atoms with Crippen LogP contribution in [0.3, 0.4) is 0 Å². The van der Waals surface area contributed by atoms with Crippen molar-refractivity contribution in [1.29, 1.82) is 0 Å². The Balaban J connectivity index is 2.05. The summed E-state index contributed by atoms with van der Waals surface area (Å²) in [6.07, 6.45) is 1.62. The van der Waals surface area contributed by atoms with Crippen LogP contribution in [0.5, 0.6) is 0 Å². The van der Waals surface area contributed by atoms with Crippen molar-refractivity contribution in [3.8, 4) is 0 Å². The number of para-hydroxylation sites is 1. The topological polar surface area (TPSA) is 80.0 Å². The molecule has 1 heterocycles. The highest BCUT2D eigenvalue weighted by Crippen LogP contribution is 2.18. The van der Waals surface area contributed by atoms with E-state index in [1.807, 2.05) is 18.2 Å². The molecule has 1 aromatic heterocycles. The second kappa shape index (κ2) is 9.34. The van der Waals surface area contributed by atoms with Gasteiger partial charge in [-0.1, -0.05) is 30.7 Å². The van der Waals surface area contributed by atoms with Gasteiger partial charge in [0.1, 0.15) is 5.69 Å². The highest BCUT2D eigenvalue weighted by Gasteiger charge is 2.12. The molecule has 0 saturated heterocycles. The lowest BCUT2D eigenvalue weighted by molar-refractivity contribution is 0.0952. The zero-order valence-electron chi connectivity index (χ0n) is 15.1. The van der Waals surface area contributed by atoms with Gasteiger partial charge in [-0.05, 0) is 38.4 Å². The summed E-state index contributed by atoms with van der Waals surface area (Å²) >= 11 is 1.47.